The number of nitrogens with one attached hydrogen (secondary N) is 1. The molecule has 0 spiro atoms. The second-order valence-electron chi connectivity index (χ2n) is 4.70. The van der Waals surface area contributed by atoms with Crippen LogP contribution in [0.25, 0.3) is 11.0 Å². The number of nitrogens with zero attached hydrogens (tertiary/aromatic N) is 2. The van der Waals surface area contributed by atoms with Crippen molar-refractivity contribution in [3.05, 3.63) is 29.0 Å². The lowest BCUT2D eigenvalue weighted by atomic mass is 10.0. The van der Waals surface area contributed by atoms with E-state index in [4.69, 9.17) is 0 Å². The zero-order chi connectivity index (χ0) is 13.1. The van der Waals surface area contributed by atoms with Crippen LogP contribution < -0.4 is 5.32 Å². The van der Waals surface area contributed by atoms with E-state index in [1.54, 1.807) is 0 Å². The van der Waals surface area contributed by atoms with E-state index in [-0.39, 0.29) is 0 Å². The van der Waals surface area contributed by atoms with Crippen LogP contribution in [-0.4, -0.2) is 16.0 Å². The highest BCUT2D eigenvalue weighted by atomic mass is 79.9. The Bertz CT molecular complexity index is 542. The summed E-state index contributed by atoms with van der Waals surface area (Å²) in [5.74, 6) is 0.628. The number of fused-ring (bicyclic) bond motifs is 1. The maximum atomic E-state index is 4.45. The highest BCUT2D eigenvalue weighted by molar-refractivity contribution is 9.10. The summed E-state index contributed by atoms with van der Waals surface area (Å²) in [6.45, 7) is 6.67. The molecular formula is C14H18BrN3. The summed E-state index contributed by atoms with van der Waals surface area (Å²) in [4.78, 5) is 8.79. The topological polar surface area (TPSA) is 37.8 Å². The first-order valence-corrected chi connectivity index (χ1v) is 7.08. The molecule has 0 amide bonds. The summed E-state index contributed by atoms with van der Waals surface area (Å²) in [7, 11) is 0. The average Bonchev–Trinajstić information content (AvgIpc) is 2.37. The van der Waals surface area contributed by atoms with Crippen molar-refractivity contribution in [2.24, 2.45) is 5.92 Å². The quantitative estimate of drug-likeness (QED) is 0.918. The molecule has 2 rings (SSSR count). The SMILES string of the molecule is CCC(C)C(C)Nc1ccnc2cc(Br)cnc12. The number of rotatable bonds is 4. The van der Waals surface area contributed by atoms with E-state index in [1.165, 1.54) is 0 Å². The van der Waals surface area contributed by atoms with Gasteiger partial charge in [-0.3, -0.25) is 9.97 Å². The molecule has 2 heterocycles. The van der Waals surface area contributed by atoms with Gasteiger partial charge in [0.1, 0.15) is 5.52 Å². The highest BCUT2D eigenvalue weighted by Crippen LogP contribution is 2.24. The van der Waals surface area contributed by atoms with Crippen LogP contribution in [0.1, 0.15) is 27.2 Å². The lowest BCUT2D eigenvalue weighted by Crippen LogP contribution is -2.23. The molecule has 2 atom stereocenters. The minimum atomic E-state index is 0.422. The molecule has 0 radical (unpaired) electrons. The first kappa shape index (κ1) is 13.3. The summed E-state index contributed by atoms with van der Waals surface area (Å²) in [6, 6.07) is 4.40. The maximum Gasteiger partial charge on any atom is 0.112 e. The molecule has 0 aliphatic carbocycles. The molecule has 96 valence electrons. The van der Waals surface area contributed by atoms with Crippen molar-refractivity contribution in [2.75, 3.05) is 5.32 Å². The molecule has 2 aromatic heterocycles. The summed E-state index contributed by atoms with van der Waals surface area (Å²) in [5, 5.41) is 3.54. The Morgan fingerprint density at radius 1 is 1.33 bits per heavy atom. The van der Waals surface area contributed by atoms with Gasteiger partial charge in [0.15, 0.2) is 0 Å². The number of pyridine rings is 2. The minimum Gasteiger partial charge on any atom is -0.380 e. The second-order valence-corrected chi connectivity index (χ2v) is 5.61. The summed E-state index contributed by atoms with van der Waals surface area (Å²) < 4.78 is 0.953. The third-order valence-electron chi connectivity index (χ3n) is 3.42. The predicted molar refractivity (Wildman–Crippen MR) is 79.8 cm³/mol. The summed E-state index contributed by atoms with van der Waals surface area (Å²) in [6.07, 6.45) is 4.79. The third kappa shape index (κ3) is 2.80. The van der Waals surface area contributed by atoms with Gasteiger partial charge in [-0.15, -0.1) is 0 Å². The summed E-state index contributed by atoms with van der Waals surface area (Å²) in [5.41, 5.74) is 2.89. The van der Waals surface area contributed by atoms with Gasteiger partial charge in [0.05, 0.1) is 11.2 Å². The normalized spacial score (nSPS) is 14.4. The Labute approximate surface area is 116 Å². The molecule has 3 nitrogen and oxygen atoms in total. The number of halogens is 1. The molecule has 1 N–H and O–H groups in total. The van der Waals surface area contributed by atoms with E-state index in [2.05, 4.69) is 52.0 Å². The molecule has 18 heavy (non-hydrogen) atoms. The van der Waals surface area contributed by atoms with Gasteiger partial charge < -0.3 is 5.32 Å². The van der Waals surface area contributed by atoms with Crippen molar-refractivity contribution < 1.29 is 0 Å². The van der Waals surface area contributed by atoms with Crippen LogP contribution in [0, 0.1) is 5.92 Å². The zero-order valence-electron chi connectivity index (χ0n) is 10.9. The molecule has 0 fully saturated rings. The van der Waals surface area contributed by atoms with Gasteiger partial charge in [0.2, 0.25) is 0 Å². The van der Waals surface area contributed by atoms with E-state index in [9.17, 15) is 0 Å². The lowest BCUT2D eigenvalue weighted by Gasteiger charge is -2.21. The Morgan fingerprint density at radius 2 is 2.11 bits per heavy atom. The van der Waals surface area contributed by atoms with E-state index < -0.39 is 0 Å². The molecule has 0 saturated carbocycles. The van der Waals surface area contributed by atoms with Gasteiger partial charge in [-0.25, -0.2) is 0 Å². The lowest BCUT2D eigenvalue weighted by molar-refractivity contribution is 0.495. The van der Waals surface area contributed by atoms with Crippen LogP contribution in [0.5, 0.6) is 0 Å². The monoisotopic (exact) mass is 307 g/mol. The van der Waals surface area contributed by atoms with Crippen molar-refractivity contribution in [3.8, 4) is 0 Å². The van der Waals surface area contributed by atoms with E-state index in [1.807, 2.05) is 24.5 Å². The molecule has 2 unspecified atom stereocenters. The molecule has 0 aromatic carbocycles. The minimum absolute atomic E-state index is 0.422. The van der Waals surface area contributed by atoms with Crippen molar-refractivity contribution in [1.29, 1.82) is 0 Å². The fourth-order valence-electron chi connectivity index (χ4n) is 1.86. The van der Waals surface area contributed by atoms with Crippen LogP contribution in [0.15, 0.2) is 29.0 Å². The standard InChI is InChI=1S/C14H18BrN3/c1-4-9(2)10(3)18-12-5-6-16-13-7-11(15)8-17-14(12)13/h5-10H,4H2,1-3H3,(H,16,18). The van der Waals surface area contributed by atoms with Gasteiger partial charge in [-0.05, 0) is 40.9 Å². The van der Waals surface area contributed by atoms with E-state index >= 15 is 0 Å². The first-order chi connectivity index (χ1) is 8.61. The van der Waals surface area contributed by atoms with Crippen LogP contribution in [0.2, 0.25) is 0 Å². The molecule has 0 aliphatic heterocycles. The highest BCUT2D eigenvalue weighted by Gasteiger charge is 2.12. The Hall–Kier alpha value is -1.16. The van der Waals surface area contributed by atoms with Gasteiger partial charge >= 0.3 is 0 Å². The van der Waals surface area contributed by atoms with Crippen LogP contribution in [0.4, 0.5) is 5.69 Å². The number of anilines is 1. The molecule has 0 bridgehead atoms. The summed E-state index contributed by atoms with van der Waals surface area (Å²) >= 11 is 3.42. The molecule has 0 saturated heterocycles. The Balaban J connectivity index is 2.33. The predicted octanol–water partition coefficient (Wildman–Crippen LogP) is 4.24. The van der Waals surface area contributed by atoms with Gasteiger partial charge in [0.25, 0.3) is 0 Å². The Morgan fingerprint density at radius 3 is 2.83 bits per heavy atom. The molecule has 0 aliphatic rings. The number of hydrogen-bond acceptors (Lipinski definition) is 3. The fraction of sp³-hybridized carbons (Fsp3) is 0.429. The van der Waals surface area contributed by atoms with Gasteiger partial charge in [-0.1, -0.05) is 20.3 Å². The van der Waals surface area contributed by atoms with Crippen molar-refractivity contribution >= 4 is 32.7 Å². The van der Waals surface area contributed by atoms with Crippen molar-refractivity contribution in [3.63, 3.8) is 0 Å². The second kappa shape index (κ2) is 5.65. The van der Waals surface area contributed by atoms with Crippen LogP contribution >= 0.6 is 15.9 Å². The van der Waals surface area contributed by atoms with E-state index in [0.717, 1.165) is 27.6 Å². The number of aromatic nitrogens is 2. The first-order valence-electron chi connectivity index (χ1n) is 6.28. The largest absolute Gasteiger partial charge is 0.380 e. The smallest absolute Gasteiger partial charge is 0.112 e. The Kier molecular flexibility index (Phi) is 4.17. The fourth-order valence-corrected chi connectivity index (χ4v) is 2.18. The van der Waals surface area contributed by atoms with Crippen LogP contribution in [0.3, 0.4) is 0 Å². The van der Waals surface area contributed by atoms with Gasteiger partial charge in [-0.2, -0.15) is 0 Å². The molecule has 4 heteroatoms. The van der Waals surface area contributed by atoms with E-state index in [0.29, 0.717) is 12.0 Å². The zero-order valence-corrected chi connectivity index (χ0v) is 12.5. The van der Waals surface area contributed by atoms with Crippen molar-refractivity contribution in [2.45, 2.75) is 33.2 Å². The third-order valence-corrected chi connectivity index (χ3v) is 3.86. The number of hydrogen-bond donors (Lipinski definition) is 1. The van der Waals surface area contributed by atoms with Crippen molar-refractivity contribution in [1.82, 2.24) is 9.97 Å². The maximum absolute atomic E-state index is 4.45. The van der Waals surface area contributed by atoms with Crippen LogP contribution in [-0.2, 0) is 0 Å². The van der Waals surface area contributed by atoms with Gasteiger partial charge in [0, 0.05) is 22.9 Å². The molecule has 2 aromatic rings. The molecular weight excluding hydrogens is 290 g/mol. The average molecular weight is 308 g/mol.